The van der Waals surface area contributed by atoms with Crippen LogP contribution < -0.4 is 0 Å². The number of carbonyl (C=O) groups excluding carboxylic acids is 2. The van der Waals surface area contributed by atoms with Gasteiger partial charge in [-0.05, 0) is 29.0 Å². The number of methoxy groups -OCH3 is 2. The molecule has 0 unspecified atom stereocenters. The first-order valence-corrected chi connectivity index (χ1v) is 8.55. The Morgan fingerprint density at radius 3 is 1.92 bits per heavy atom. The highest BCUT2D eigenvalue weighted by Crippen LogP contribution is 2.38. The summed E-state index contributed by atoms with van der Waals surface area (Å²) in [6.45, 7) is 6.38. The van der Waals surface area contributed by atoms with Gasteiger partial charge in [-0.1, -0.05) is 51.1 Å². The monoisotopic (exact) mass is 359 g/mol. The number of hydrogen-bond donors (Lipinski definition) is 0. The van der Waals surface area contributed by atoms with E-state index in [-0.39, 0.29) is 11.0 Å². The molecule has 5 nitrogen and oxygen atoms in total. The molecule has 0 saturated carbocycles. The molecule has 0 aromatic heterocycles. The van der Waals surface area contributed by atoms with E-state index >= 15 is 0 Å². The number of esters is 2. The standard InChI is InChI=1S/C21H29NO4/c1-8-21(2,3)16(15-12-10-9-11-13-15)14-17(22(4)5)18(19(23)25-6)20(24)26-7/h9-14H,8H2,1-7H3/b16-14+. The van der Waals surface area contributed by atoms with E-state index in [0.717, 1.165) is 17.6 Å². The highest BCUT2D eigenvalue weighted by Gasteiger charge is 2.28. The van der Waals surface area contributed by atoms with Gasteiger partial charge in [-0.2, -0.15) is 0 Å². The summed E-state index contributed by atoms with van der Waals surface area (Å²) in [4.78, 5) is 26.2. The lowest BCUT2D eigenvalue weighted by molar-refractivity contribution is -0.144. The maximum atomic E-state index is 12.3. The summed E-state index contributed by atoms with van der Waals surface area (Å²) in [5, 5.41) is 0. The van der Waals surface area contributed by atoms with Gasteiger partial charge in [0, 0.05) is 14.1 Å². The summed E-state index contributed by atoms with van der Waals surface area (Å²) >= 11 is 0. The maximum absolute atomic E-state index is 12.3. The second-order valence-corrected chi connectivity index (χ2v) is 6.80. The number of allylic oxidation sites excluding steroid dienone is 2. The van der Waals surface area contributed by atoms with Crippen molar-refractivity contribution in [3.05, 3.63) is 53.2 Å². The lowest BCUT2D eigenvalue weighted by Gasteiger charge is -2.29. The van der Waals surface area contributed by atoms with Crippen LogP contribution in [0.15, 0.2) is 47.7 Å². The molecule has 0 aliphatic rings. The molecule has 142 valence electrons. The zero-order valence-corrected chi connectivity index (χ0v) is 16.8. The molecule has 0 fully saturated rings. The molecule has 0 atom stereocenters. The van der Waals surface area contributed by atoms with Gasteiger partial charge in [-0.15, -0.1) is 0 Å². The Morgan fingerprint density at radius 2 is 1.54 bits per heavy atom. The molecule has 1 aromatic rings. The van der Waals surface area contributed by atoms with Crippen LogP contribution >= 0.6 is 0 Å². The molecule has 0 aliphatic heterocycles. The molecular weight excluding hydrogens is 330 g/mol. The fourth-order valence-electron chi connectivity index (χ4n) is 2.54. The molecule has 0 saturated heterocycles. The Balaban J connectivity index is 3.79. The maximum Gasteiger partial charge on any atom is 0.347 e. The van der Waals surface area contributed by atoms with E-state index in [9.17, 15) is 9.59 Å². The first-order chi connectivity index (χ1) is 12.2. The third-order valence-corrected chi connectivity index (χ3v) is 4.50. The minimum Gasteiger partial charge on any atom is -0.465 e. The summed E-state index contributed by atoms with van der Waals surface area (Å²) in [5.41, 5.74) is 2.21. The Hall–Kier alpha value is -2.56. The van der Waals surface area contributed by atoms with Crippen molar-refractivity contribution in [2.75, 3.05) is 28.3 Å². The van der Waals surface area contributed by atoms with E-state index in [2.05, 4.69) is 20.8 Å². The second-order valence-electron chi connectivity index (χ2n) is 6.80. The number of nitrogens with zero attached hydrogens (tertiary/aromatic N) is 1. The van der Waals surface area contributed by atoms with Crippen molar-refractivity contribution in [3.63, 3.8) is 0 Å². The zero-order valence-electron chi connectivity index (χ0n) is 16.8. The molecule has 26 heavy (non-hydrogen) atoms. The number of likely N-dealkylation sites (N-methyl/N-ethyl adjacent to an activating group) is 1. The van der Waals surface area contributed by atoms with Crippen molar-refractivity contribution in [2.24, 2.45) is 5.41 Å². The average Bonchev–Trinajstić information content (AvgIpc) is 2.64. The van der Waals surface area contributed by atoms with Gasteiger partial charge in [0.2, 0.25) is 0 Å². The summed E-state index contributed by atoms with van der Waals surface area (Å²) in [6.07, 6.45) is 2.77. The number of benzene rings is 1. The van der Waals surface area contributed by atoms with Crippen molar-refractivity contribution < 1.29 is 19.1 Å². The van der Waals surface area contributed by atoms with E-state index in [1.54, 1.807) is 19.0 Å². The zero-order chi connectivity index (χ0) is 19.9. The lowest BCUT2D eigenvalue weighted by atomic mass is 9.77. The van der Waals surface area contributed by atoms with E-state index < -0.39 is 11.9 Å². The summed E-state index contributed by atoms with van der Waals surface area (Å²) in [7, 11) is 6.05. The van der Waals surface area contributed by atoms with Crippen molar-refractivity contribution in [1.82, 2.24) is 4.90 Å². The van der Waals surface area contributed by atoms with Crippen molar-refractivity contribution in [3.8, 4) is 0 Å². The molecule has 1 rings (SSSR count). The molecule has 0 radical (unpaired) electrons. The molecule has 5 heteroatoms. The van der Waals surface area contributed by atoms with Crippen molar-refractivity contribution >= 4 is 17.5 Å². The van der Waals surface area contributed by atoms with E-state index in [4.69, 9.17) is 9.47 Å². The number of ether oxygens (including phenoxy) is 2. The average molecular weight is 359 g/mol. The van der Waals surface area contributed by atoms with E-state index in [1.807, 2.05) is 36.4 Å². The fraction of sp³-hybridized carbons (Fsp3) is 0.429. The summed E-state index contributed by atoms with van der Waals surface area (Å²) in [6, 6.07) is 9.93. The molecule has 0 amide bonds. The third-order valence-electron chi connectivity index (χ3n) is 4.50. The van der Waals surface area contributed by atoms with Crippen LogP contribution in [0.3, 0.4) is 0 Å². The van der Waals surface area contributed by atoms with Gasteiger partial charge in [0.15, 0.2) is 5.57 Å². The van der Waals surface area contributed by atoms with Gasteiger partial charge in [-0.25, -0.2) is 9.59 Å². The van der Waals surface area contributed by atoms with Crippen LogP contribution in [-0.2, 0) is 19.1 Å². The minimum absolute atomic E-state index is 0.125. The van der Waals surface area contributed by atoms with Crippen LogP contribution in [0.4, 0.5) is 0 Å². The van der Waals surface area contributed by atoms with Crippen molar-refractivity contribution in [2.45, 2.75) is 27.2 Å². The van der Waals surface area contributed by atoms with Gasteiger partial charge < -0.3 is 14.4 Å². The fourth-order valence-corrected chi connectivity index (χ4v) is 2.54. The summed E-state index contributed by atoms with van der Waals surface area (Å²) in [5.74, 6) is -1.45. The minimum atomic E-state index is -0.724. The highest BCUT2D eigenvalue weighted by atomic mass is 16.5. The number of carbonyl (C=O) groups is 2. The normalized spacial score (nSPS) is 11.6. The quantitative estimate of drug-likeness (QED) is 0.244. The van der Waals surface area contributed by atoms with Crippen LogP contribution in [0.5, 0.6) is 0 Å². The Kier molecular flexibility index (Phi) is 7.62. The molecule has 1 aromatic carbocycles. The Morgan fingerprint density at radius 1 is 1.04 bits per heavy atom. The molecule has 0 bridgehead atoms. The van der Waals surface area contributed by atoms with Crippen molar-refractivity contribution in [1.29, 1.82) is 0 Å². The van der Waals surface area contributed by atoms with E-state index in [0.29, 0.717) is 5.70 Å². The molecule has 0 spiro atoms. The van der Waals surface area contributed by atoms with Crippen LogP contribution in [0.2, 0.25) is 0 Å². The predicted molar refractivity (Wildman–Crippen MR) is 103 cm³/mol. The van der Waals surface area contributed by atoms with E-state index in [1.165, 1.54) is 14.2 Å². The van der Waals surface area contributed by atoms with Crippen LogP contribution in [0, 0.1) is 5.41 Å². The summed E-state index contributed by atoms with van der Waals surface area (Å²) < 4.78 is 9.62. The molecule has 0 aliphatic carbocycles. The second kappa shape index (κ2) is 9.22. The van der Waals surface area contributed by atoms with Gasteiger partial charge in [0.05, 0.1) is 19.9 Å². The number of rotatable bonds is 7. The highest BCUT2D eigenvalue weighted by molar-refractivity contribution is 6.15. The first-order valence-electron chi connectivity index (χ1n) is 8.55. The Labute approximate surface area is 156 Å². The first kappa shape index (κ1) is 21.5. The van der Waals surface area contributed by atoms with Gasteiger partial charge in [0.1, 0.15) is 0 Å². The third kappa shape index (κ3) is 4.97. The molecule has 0 N–H and O–H groups in total. The molecular formula is C21H29NO4. The predicted octanol–water partition coefficient (Wildman–Crippen LogP) is 3.67. The van der Waals surface area contributed by atoms with Crippen LogP contribution in [-0.4, -0.2) is 45.2 Å². The smallest absolute Gasteiger partial charge is 0.347 e. The SMILES string of the molecule is CCC(C)(C)/C(=C/C(=C(C(=O)OC)C(=O)OC)N(C)C)c1ccccc1. The van der Waals surface area contributed by atoms with Gasteiger partial charge >= 0.3 is 11.9 Å². The van der Waals surface area contributed by atoms with Crippen LogP contribution in [0.25, 0.3) is 5.57 Å². The largest absolute Gasteiger partial charge is 0.465 e. The topological polar surface area (TPSA) is 55.8 Å². The lowest BCUT2D eigenvalue weighted by Crippen LogP contribution is -2.24. The van der Waals surface area contributed by atoms with Gasteiger partial charge in [-0.3, -0.25) is 0 Å². The number of hydrogen-bond acceptors (Lipinski definition) is 5. The van der Waals surface area contributed by atoms with Gasteiger partial charge in [0.25, 0.3) is 0 Å². The van der Waals surface area contributed by atoms with Crippen LogP contribution in [0.1, 0.15) is 32.8 Å². The Bertz CT molecular complexity index is 682. The molecule has 0 heterocycles.